The van der Waals surface area contributed by atoms with Crippen molar-refractivity contribution in [2.24, 2.45) is 0 Å². The van der Waals surface area contributed by atoms with Crippen molar-refractivity contribution in [3.8, 4) is 33.8 Å². The first-order valence-electron chi connectivity index (χ1n) is 29.3. The molecule has 0 radical (unpaired) electrons. The predicted molar refractivity (Wildman–Crippen MR) is 349 cm³/mol. The van der Waals surface area contributed by atoms with Crippen LogP contribution in [-0.4, -0.2) is 40.5 Å². The van der Waals surface area contributed by atoms with E-state index in [0.717, 1.165) is 90.0 Å². The molecular formula is C74H92HfN4O4. The van der Waals surface area contributed by atoms with Gasteiger partial charge < -0.3 is 40.1 Å². The number of benzene rings is 8. The Hall–Kier alpha value is -6.65. The van der Waals surface area contributed by atoms with Gasteiger partial charge in [-0.25, -0.2) is 0 Å². The second-order valence-electron chi connectivity index (χ2n) is 24.5. The van der Waals surface area contributed by atoms with E-state index in [2.05, 4.69) is 236 Å². The normalized spacial score (nSPS) is 11.3. The van der Waals surface area contributed by atoms with Crippen LogP contribution < -0.4 is 30.6 Å². The van der Waals surface area contributed by atoms with E-state index in [-0.39, 0.29) is 45.2 Å². The Morgan fingerprint density at radius 2 is 0.771 bits per heavy atom. The molecule has 0 spiro atoms. The van der Waals surface area contributed by atoms with E-state index >= 15 is 0 Å². The van der Waals surface area contributed by atoms with Gasteiger partial charge in [0.15, 0.2) is 0 Å². The zero-order valence-corrected chi connectivity index (χ0v) is 56.6. The molecule has 83 heavy (non-hydrogen) atoms. The molecule has 8 aromatic carbocycles. The number of hydrogen-bond acceptors (Lipinski definition) is 8. The molecule has 436 valence electrons. The Kier molecular flexibility index (Phi) is 23.5. The van der Waals surface area contributed by atoms with Crippen molar-refractivity contribution < 1.29 is 42.6 Å². The van der Waals surface area contributed by atoms with Crippen molar-refractivity contribution in [3.05, 3.63) is 202 Å². The summed E-state index contributed by atoms with van der Waals surface area (Å²) in [6, 6.07) is 54.7. The molecule has 0 aliphatic heterocycles. The van der Waals surface area contributed by atoms with Gasteiger partial charge in [-0.1, -0.05) is 200 Å². The first-order chi connectivity index (χ1) is 39.4. The number of para-hydroxylation sites is 2. The molecule has 8 rings (SSSR count). The second kappa shape index (κ2) is 29.7. The number of nitrogens with zero attached hydrogens (tertiary/aromatic N) is 2. The Morgan fingerprint density at radius 3 is 1.08 bits per heavy atom. The third kappa shape index (κ3) is 17.2. The standard InChI is InChI=1S/2C36H44N2O2.2CH3.Hf/c2*1-24(2)27-15-18-32(37-28-16-13-25(3)14-17-28)34(23-27)38(19-20-40-8)33-12-10-9-11-29(33)30-21-26(4)22-31(35(30)39)36(5,6)7;;;/h2*9-18,21-24,37,39H,19-20H2,1-8H3;2*1H3;/q;;;;+2/p-2. The third-order valence-electron chi connectivity index (χ3n) is 14.7. The number of nitrogens with one attached hydrogen (secondary N) is 2. The molecule has 8 aromatic rings. The summed E-state index contributed by atoms with van der Waals surface area (Å²) < 4.78 is 15.8. The summed E-state index contributed by atoms with van der Waals surface area (Å²) in [5, 5.41) is 35.1. The quantitative estimate of drug-likeness (QED) is 0.0821. The van der Waals surface area contributed by atoms with Crippen molar-refractivity contribution in [2.45, 2.75) is 129 Å². The molecule has 0 fully saturated rings. The van der Waals surface area contributed by atoms with Crippen LogP contribution in [0, 0.1) is 27.7 Å². The number of anilines is 8. The molecule has 9 heteroatoms. The Balaban J connectivity index is 0.000000255. The SMILES string of the molecule is COCCN(c1cc(C(C)C)ccc1Nc1ccc(C)cc1)c1ccccc1-c1cc(C)cc(C(C)(C)C)c1[O-].COCCN(c1cc(C(C)C)ccc1Nc1ccc(C)cc1)c1ccccc1-c1cc(C)cc(C(C)(C)C)c1[O-].[CH3][Hf+2][CH3]. The molecule has 0 amide bonds. The maximum atomic E-state index is 13.9. The van der Waals surface area contributed by atoms with Crippen LogP contribution in [0.25, 0.3) is 22.3 Å². The number of aryl methyl sites for hydroxylation is 4. The predicted octanol–water partition coefficient (Wildman–Crippen LogP) is 19.2. The zero-order chi connectivity index (χ0) is 60.8. The van der Waals surface area contributed by atoms with Gasteiger partial charge in [-0.05, 0) is 144 Å². The van der Waals surface area contributed by atoms with E-state index in [9.17, 15) is 10.2 Å². The van der Waals surface area contributed by atoms with Crippen LogP contribution in [0.3, 0.4) is 0 Å². The van der Waals surface area contributed by atoms with Crippen LogP contribution in [0.5, 0.6) is 11.5 Å². The van der Waals surface area contributed by atoms with Crippen LogP contribution in [0.4, 0.5) is 45.5 Å². The molecule has 0 aromatic heterocycles. The van der Waals surface area contributed by atoms with E-state index in [1.165, 1.54) is 22.3 Å². The number of methoxy groups -OCH3 is 2. The number of rotatable bonds is 18. The van der Waals surface area contributed by atoms with Gasteiger partial charge in [0.2, 0.25) is 0 Å². The fraction of sp³-hybridized carbons (Fsp3) is 0.351. The van der Waals surface area contributed by atoms with Gasteiger partial charge in [0.1, 0.15) is 0 Å². The van der Waals surface area contributed by atoms with Crippen LogP contribution in [0.1, 0.15) is 126 Å². The molecular weight excluding hydrogens is 1190 g/mol. The van der Waals surface area contributed by atoms with E-state index in [1.54, 1.807) is 14.2 Å². The van der Waals surface area contributed by atoms with Crippen LogP contribution in [0.2, 0.25) is 9.36 Å². The molecule has 0 aliphatic carbocycles. The van der Waals surface area contributed by atoms with Crippen LogP contribution in [0.15, 0.2) is 158 Å². The average molecular weight is 1280 g/mol. The maximum absolute atomic E-state index is 13.9. The van der Waals surface area contributed by atoms with Crippen LogP contribution >= 0.6 is 0 Å². The summed E-state index contributed by atoms with van der Waals surface area (Å²) in [7, 11) is 3.46. The molecule has 0 aliphatic rings. The van der Waals surface area contributed by atoms with E-state index in [0.29, 0.717) is 38.1 Å². The van der Waals surface area contributed by atoms with Gasteiger partial charge in [0.05, 0.1) is 36.0 Å². The third-order valence-corrected chi connectivity index (χ3v) is 14.7. The molecule has 0 saturated heterocycles. The second-order valence-corrected chi connectivity index (χ2v) is 28.1. The first kappa shape index (κ1) is 65.5. The summed E-state index contributed by atoms with van der Waals surface area (Å²) in [6.45, 7) is 32.1. The average Bonchev–Trinajstić information content (AvgIpc) is 3.65. The monoisotopic (exact) mass is 1280 g/mol. The first-order valence-corrected chi connectivity index (χ1v) is 36.5. The van der Waals surface area contributed by atoms with Gasteiger partial charge in [-0.2, -0.15) is 0 Å². The van der Waals surface area contributed by atoms with Gasteiger partial charge in [-0.15, -0.1) is 0 Å². The summed E-state index contributed by atoms with van der Waals surface area (Å²) in [5.74, 6) is 0.912. The minimum atomic E-state index is -0.251. The topological polar surface area (TPSA) is 95.1 Å². The minimum absolute atomic E-state index is 0.0833. The Labute approximate surface area is 510 Å². The van der Waals surface area contributed by atoms with Gasteiger partial charge >= 0.3 is 32.3 Å². The Morgan fingerprint density at radius 1 is 0.434 bits per heavy atom. The van der Waals surface area contributed by atoms with Crippen molar-refractivity contribution in [3.63, 3.8) is 0 Å². The van der Waals surface area contributed by atoms with Gasteiger partial charge in [0.25, 0.3) is 0 Å². The van der Waals surface area contributed by atoms with Gasteiger partial charge in [-0.3, -0.25) is 0 Å². The number of ether oxygens (including phenoxy) is 2. The molecule has 0 saturated carbocycles. The molecule has 0 bridgehead atoms. The van der Waals surface area contributed by atoms with Crippen molar-refractivity contribution in [1.82, 2.24) is 0 Å². The van der Waals surface area contributed by atoms with Crippen molar-refractivity contribution in [1.29, 1.82) is 0 Å². The van der Waals surface area contributed by atoms with E-state index in [1.807, 2.05) is 48.5 Å². The fourth-order valence-electron chi connectivity index (χ4n) is 10.1. The summed E-state index contributed by atoms with van der Waals surface area (Å²) in [6.07, 6.45) is 0. The Bertz CT molecular complexity index is 3150. The fourth-order valence-corrected chi connectivity index (χ4v) is 10.1. The summed E-state index contributed by atoms with van der Waals surface area (Å²) in [5.41, 5.74) is 19.7. The molecule has 0 atom stereocenters. The van der Waals surface area contributed by atoms with Crippen molar-refractivity contribution in [2.75, 3.05) is 61.0 Å². The molecule has 2 N–H and O–H groups in total. The summed E-state index contributed by atoms with van der Waals surface area (Å²) in [4.78, 5) is 4.58. The van der Waals surface area contributed by atoms with Gasteiger partial charge in [0, 0.05) is 61.2 Å². The van der Waals surface area contributed by atoms with E-state index < -0.39 is 0 Å². The summed E-state index contributed by atoms with van der Waals surface area (Å²) >= 11 is 0.0833. The zero-order valence-electron chi connectivity index (χ0n) is 53.0. The van der Waals surface area contributed by atoms with E-state index in [4.69, 9.17) is 9.47 Å². The number of hydrogen-bond donors (Lipinski definition) is 2. The van der Waals surface area contributed by atoms with Crippen LogP contribution in [-0.2, 0) is 43.2 Å². The van der Waals surface area contributed by atoms with Crippen molar-refractivity contribution >= 4 is 45.5 Å². The molecule has 0 unspecified atom stereocenters. The molecule has 8 nitrogen and oxygen atoms in total. The molecule has 0 heterocycles.